The second kappa shape index (κ2) is 4.94. The quantitative estimate of drug-likeness (QED) is 0.772. The summed E-state index contributed by atoms with van der Waals surface area (Å²) in [6, 6.07) is 2.41. The van der Waals surface area contributed by atoms with E-state index < -0.39 is 17.9 Å². The highest BCUT2D eigenvalue weighted by Crippen LogP contribution is 2.30. The lowest BCUT2D eigenvalue weighted by atomic mass is 10.00. The van der Waals surface area contributed by atoms with Crippen molar-refractivity contribution in [3.8, 4) is 0 Å². The summed E-state index contributed by atoms with van der Waals surface area (Å²) in [4.78, 5) is 48.4. The average molecular weight is 302 g/mol. The molecule has 2 aliphatic rings. The molecule has 7 heteroatoms. The zero-order valence-electron chi connectivity index (χ0n) is 11.9. The molecule has 2 N–H and O–H groups in total. The number of hydrogen-bond acceptors (Lipinski definition) is 4. The number of piperidine rings is 1. The number of carboxylic acids is 1. The highest BCUT2D eigenvalue weighted by atomic mass is 16.4. The lowest BCUT2D eigenvalue weighted by molar-refractivity contribution is -0.136. The fourth-order valence-electron chi connectivity index (χ4n) is 3.00. The number of nitrogens with one attached hydrogen (secondary N) is 1. The van der Waals surface area contributed by atoms with Crippen molar-refractivity contribution >= 4 is 23.7 Å². The Labute approximate surface area is 125 Å². The monoisotopic (exact) mass is 302 g/mol. The van der Waals surface area contributed by atoms with E-state index in [9.17, 15) is 24.3 Å². The molecule has 2 heterocycles. The Kier molecular flexibility index (Phi) is 3.20. The van der Waals surface area contributed by atoms with Gasteiger partial charge in [0.2, 0.25) is 11.8 Å². The molecular weight excluding hydrogens is 288 g/mol. The Morgan fingerprint density at radius 1 is 1.32 bits per heavy atom. The van der Waals surface area contributed by atoms with E-state index in [2.05, 4.69) is 5.32 Å². The van der Waals surface area contributed by atoms with E-state index in [1.54, 1.807) is 13.0 Å². The second-order valence-corrected chi connectivity index (χ2v) is 5.54. The van der Waals surface area contributed by atoms with Gasteiger partial charge in [0, 0.05) is 18.5 Å². The van der Waals surface area contributed by atoms with Crippen molar-refractivity contribution in [3.05, 3.63) is 34.4 Å². The first kappa shape index (κ1) is 14.2. The molecule has 0 saturated carbocycles. The van der Waals surface area contributed by atoms with E-state index in [1.165, 1.54) is 11.0 Å². The molecule has 22 heavy (non-hydrogen) atoms. The summed E-state index contributed by atoms with van der Waals surface area (Å²) < 4.78 is 0. The number of fused-ring (bicyclic) bond motifs is 1. The number of carbonyl (C=O) groups is 4. The lowest BCUT2D eigenvalue weighted by Crippen LogP contribution is -2.52. The standard InChI is InChI=1S/C15H14N2O5/c1-7-4-8-10(9(5-7)15(21)22)6-17(14(8)20)11-2-3-12(18)16-13(11)19/h4-5,11H,2-3,6H2,1H3,(H,21,22)(H,16,18,19). The van der Waals surface area contributed by atoms with E-state index in [-0.39, 0.29) is 36.8 Å². The minimum Gasteiger partial charge on any atom is -0.478 e. The van der Waals surface area contributed by atoms with E-state index in [0.29, 0.717) is 16.7 Å². The van der Waals surface area contributed by atoms with Crippen LogP contribution in [0.3, 0.4) is 0 Å². The molecule has 1 aromatic carbocycles. The van der Waals surface area contributed by atoms with Crippen LogP contribution in [0.1, 0.15) is 44.7 Å². The fourth-order valence-corrected chi connectivity index (χ4v) is 3.00. The molecule has 7 nitrogen and oxygen atoms in total. The number of hydrogen-bond donors (Lipinski definition) is 2. The number of nitrogens with zero attached hydrogens (tertiary/aromatic N) is 1. The van der Waals surface area contributed by atoms with Gasteiger partial charge >= 0.3 is 5.97 Å². The van der Waals surface area contributed by atoms with Gasteiger partial charge in [0.15, 0.2) is 0 Å². The van der Waals surface area contributed by atoms with Gasteiger partial charge in [-0.1, -0.05) is 0 Å². The molecule has 3 rings (SSSR count). The Morgan fingerprint density at radius 3 is 2.68 bits per heavy atom. The van der Waals surface area contributed by atoms with Crippen molar-refractivity contribution in [2.45, 2.75) is 32.4 Å². The first-order valence-electron chi connectivity index (χ1n) is 6.90. The third kappa shape index (κ3) is 2.14. The summed E-state index contributed by atoms with van der Waals surface area (Å²) in [6.07, 6.45) is 0.424. The summed E-state index contributed by atoms with van der Waals surface area (Å²) in [5.41, 5.74) is 1.50. The number of imide groups is 1. The van der Waals surface area contributed by atoms with Crippen LogP contribution < -0.4 is 5.32 Å². The molecule has 0 bridgehead atoms. The van der Waals surface area contributed by atoms with Gasteiger partial charge in [-0.25, -0.2) is 4.79 Å². The van der Waals surface area contributed by atoms with Crippen molar-refractivity contribution in [3.63, 3.8) is 0 Å². The van der Waals surface area contributed by atoms with E-state index >= 15 is 0 Å². The van der Waals surface area contributed by atoms with Crippen LogP contribution in [0.5, 0.6) is 0 Å². The minimum absolute atomic E-state index is 0.0718. The van der Waals surface area contributed by atoms with Gasteiger partial charge in [0.05, 0.1) is 5.56 Å². The van der Waals surface area contributed by atoms with Gasteiger partial charge in [-0.15, -0.1) is 0 Å². The highest BCUT2D eigenvalue weighted by Gasteiger charge is 2.40. The zero-order chi connectivity index (χ0) is 16.0. The second-order valence-electron chi connectivity index (χ2n) is 5.54. The molecule has 1 fully saturated rings. The average Bonchev–Trinajstić information content (AvgIpc) is 2.75. The van der Waals surface area contributed by atoms with Crippen LogP contribution in [-0.4, -0.2) is 39.7 Å². The maximum absolute atomic E-state index is 12.5. The predicted octanol–water partition coefficient (Wildman–Crippen LogP) is 0.454. The van der Waals surface area contributed by atoms with Crippen LogP contribution >= 0.6 is 0 Å². The Bertz CT molecular complexity index is 725. The molecule has 1 unspecified atom stereocenters. The summed E-state index contributed by atoms with van der Waals surface area (Å²) >= 11 is 0. The predicted molar refractivity (Wildman–Crippen MR) is 74.2 cm³/mol. The molecule has 0 aliphatic carbocycles. The summed E-state index contributed by atoms with van der Waals surface area (Å²) in [7, 11) is 0. The van der Waals surface area contributed by atoms with Crippen LogP contribution in [0.15, 0.2) is 12.1 Å². The van der Waals surface area contributed by atoms with E-state index in [1.807, 2.05) is 0 Å². The number of aryl methyl sites for hydroxylation is 1. The molecule has 114 valence electrons. The Balaban J connectivity index is 1.98. The number of benzene rings is 1. The zero-order valence-corrected chi connectivity index (χ0v) is 11.9. The van der Waals surface area contributed by atoms with Crippen LogP contribution in [0, 0.1) is 6.92 Å². The van der Waals surface area contributed by atoms with E-state index in [4.69, 9.17) is 0 Å². The van der Waals surface area contributed by atoms with Gasteiger partial charge in [-0.2, -0.15) is 0 Å². The number of carboxylic acid groups (broad SMARTS) is 1. The summed E-state index contributed by atoms with van der Waals surface area (Å²) in [5, 5.41) is 11.5. The lowest BCUT2D eigenvalue weighted by Gasteiger charge is -2.29. The maximum atomic E-state index is 12.5. The normalized spacial score (nSPS) is 20.9. The Hall–Kier alpha value is -2.70. The molecule has 1 aromatic rings. The summed E-state index contributed by atoms with van der Waals surface area (Å²) in [5.74, 6) is -2.33. The Morgan fingerprint density at radius 2 is 2.05 bits per heavy atom. The molecule has 3 amide bonds. The van der Waals surface area contributed by atoms with Crippen molar-refractivity contribution in [1.29, 1.82) is 0 Å². The molecular formula is C15H14N2O5. The van der Waals surface area contributed by atoms with Crippen LogP contribution in [-0.2, 0) is 16.1 Å². The van der Waals surface area contributed by atoms with E-state index in [0.717, 1.165) is 0 Å². The van der Waals surface area contributed by atoms with Gasteiger partial charge < -0.3 is 10.0 Å². The SMILES string of the molecule is Cc1cc(C(=O)O)c2c(c1)C(=O)N(C1CCC(=O)NC1=O)C2. The van der Waals surface area contributed by atoms with Crippen molar-refractivity contribution in [1.82, 2.24) is 10.2 Å². The molecule has 1 atom stereocenters. The van der Waals surface area contributed by atoms with Crippen molar-refractivity contribution in [2.75, 3.05) is 0 Å². The minimum atomic E-state index is -1.10. The molecule has 0 spiro atoms. The maximum Gasteiger partial charge on any atom is 0.336 e. The topological polar surface area (TPSA) is 104 Å². The first-order chi connectivity index (χ1) is 10.4. The molecule has 0 radical (unpaired) electrons. The fraction of sp³-hybridized carbons (Fsp3) is 0.333. The number of aromatic carboxylic acids is 1. The molecule has 0 aromatic heterocycles. The molecule has 1 saturated heterocycles. The number of amides is 3. The smallest absolute Gasteiger partial charge is 0.336 e. The molecule has 2 aliphatic heterocycles. The van der Waals surface area contributed by atoms with Gasteiger partial charge in [0.1, 0.15) is 6.04 Å². The number of rotatable bonds is 2. The van der Waals surface area contributed by atoms with Crippen LogP contribution in [0.25, 0.3) is 0 Å². The third-order valence-electron chi connectivity index (χ3n) is 4.03. The van der Waals surface area contributed by atoms with Gasteiger partial charge in [-0.3, -0.25) is 19.7 Å². The van der Waals surface area contributed by atoms with Crippen LogP contribution in [0.4, 0.5) is 0 Å². The third-order valence-corrected chi connectivity index (χ3v) is 4.03. The van der Waals surface area contributed by atoms with Crippen molar-refractivity contribution < 1.29 is 24.3 Å². The summed E-state index contributed by atoms with van der Waals surface area (Å²) in [6.45, 7) is 1.79. The van der Waals surface area contributed by atoms with Crippen LogP contribution in [0.2, 0.25) is 0 Å². The largest absolute Gasteiger partial charge is 0.478 e. The first-order valence-corrected chi connectivity index (χ1v) is 6.90. The highest BCUT2D eigenvalue weighted by molar-refractivity contribution is 6.07. The number of carbonyl (C=O) groups excluding carboxylic acids is 3. The van der Waals surface area contributed by atoms with Crippen molar-refractivity contribution in [2.24, 2.45) is 0 Å². The van der Waals surface area contributed by atoms with Gasteiger partial charge in [-0.05, 0) is 36.6 Å². The van der Waals surface area contributed by atoms with Gasteiger partial charge in [0.25, 0.3) is 5.91 Å².